The summed E-state index contributed by atoms with van der Waals surface area (Å²) in [5.74, 6) is -0.667. The van der Waals surface area contributed by atoms with Crippen molar-refractivity contribution in [1.29, 1.82) is 0 Å². The van der Waals surface area contributed by atoms with E-state index in [2.05, 4.69) is 10.6 Å². The molecule has 0 aliphatic carbocycles. The number of halogens is 12. The number of benzene rings is 4. The minimum absolute atomic E-state index is 0.0101. The minimum Gasteiger partial charge on any atom is -0.394 e. The molecule has 0 radical (unpaired) electrons. The minimum atomic E-state index is -5.00. The van der Waals surface area contributed by atoms with E-state index in [-0.39, 0.29) is 87.6 Å². The second kappa shape index (κ2) is 21.5. The average molecular weight is 1110 g/mol. The quantitative estimate of drug-likeness (QED) is 0.0825. The Bertz CT molecular complexity index is 2780. The summed E-state index contributed by atoms with van der Waals surface area (Å²) in [5.41, 5.74) is -8.36. The van der Waals surface area contributed by atoms with Gasteiger partial charge in [-0.05, 0) is 98.2 Å². The number of aliphatic hydroxyl groups excluding tert-OH is 1. The van der Waals surface area contributed by atoms with Crippen LogP contribution in [0.15, 0.2) is 97.1 Å². The second-order valence-corrected chi connectivity index (χ2v) is 21.5. The first-order valence-corrected chi connectivity index (χ1v) is 25.5. The number of fused-ring (bicyclic) bond motifs is 4. The Morgan fingerprint density at radius 3 is 1.24 bits per heavy atom. The average Bonchev–Trinajstić information content (AvgIpc) is 3.35. The monoisotopic (exact) mass is 1110 g/mol. The standard InChI is InChI=1S/C26H28F6N2O5S.C25H26F6N2O3/c1-17(18-10-20(25(27,28)29)12-21(11-18)26(30,31)32)38-16-24(19-6-4-3-5-7-19)9-8-23(15-39-40(2,36)37)14-34(24)13-22(35)33-23;1-16(17-9-19(24(26,27)28)11-20(10-17)25(29,30)31)36-15-23(18-5-3-2-4-6-18)8-7-22(14-34)13-33(23)12-21(35)32-22/h3-7,10-12,17H,8-9,13-16H2,1-2H3,(H,33,35);2-6,9-11,16,34H,7-8,12-15H2,1H3,(H,32,35)/t17-,23-,24-;16-,22-,23-/m11/s1. The van der Waals surface area contributed by atoms with Crippen molar-refractivity contribution < 1.29 is 89.5 Å². The Morgan fingerprint density at radius 1 is 0.553 bits per heavy atom. The molecule has 4 aliphatic heterocycles. The molecule has 4 aromatic rings. The summed E-state index contributed by atoms with van der Waals surface area (Å²) in [6, 6.07) is 20.8. The maximum Gasteiger partial charge on any atom is 0.416 e. The number of ether oxygens (including phenoxy) is 2. The molecular formula is C51H54F12N4O8S. The van der Waals surface area contributed by atoms with Crippen molar-refractivity contribution in [3.8, 4) is 0 Å². The first kappa shape index (κ1) is 58.4. The van der Waals surface area contributed by atoms with Crippen LogP contribution in [0.2, 0.25) is 0 Å². The molecule has 2 amide bonds. The molecule has 416 valence electrons. The fourth-order valence-corrected chi connectivity index (χ4v) is 10.8. The van der Waals surface area contributed by atoms with Crippen LogP contribution in [0.25, 0.3) is 0 Å². The third-order valence-corrected chi connectivity index (χ3v) is 15.0. The number of aliphatic hydroxyl groups is 1. The summed E-state index contributed by atoms with van der Waals surface area (Å²) in [6.45, 7) is 2.40. The van der Waals surface area contributed by atoms with Crippen molar-refractivity contribution >= 4 is 21.9 Å². The van der Waals surface area contributed by atoms with Gasteiger partial charge in [-0.2, -0.15) is 61.1 Å². The van der Waals surface area contributed by atoms with Gasteiger partial charge in [-0.25, -0.2) is 0 Å². The van der Waals surface area contributed by atoms with Crippen molar-refractivity contribution in [2.24, 2.45) is 0 Å². The van der Waals surface area contributed by atoms with Crippen LogP contribution in [0.3, 0.4) is 0 Å². The Labute approximate surface area is 429 Å². The molecule has 4 heterocycles. The van der Waals surface area contributed by atoms with Gasteiger partial charge >= 0.3 is 24.7 Å². The first-order chi connectivity index (χ1) is 35.2. The zero-order valence-corrected chi connectivity index (χ0v) is 41.8. The van der Waals surface area contributed by atoms with Crippen molar-refractivity contribution in [3.63, 3.8) is 0 Å². The van der Waals surface area contributed by atoms with Crippen LogP contribution < -0.4 is 10.6 Å². The fraction of sp³-hybridized carbons (Fsp3) is 0.490. The van der Waals surface area contributed by atoms with E-state index >= 15 is 0 Å². The highest BCUT2D eigenvalue weighted by atomic mass is 32.2. The molecule has 0 aromatic heterocycles. The van der Waals surface area contributed by atoms with Crippen molar-refractivity contribution in [2.75, 3.05) is 58.9 Å². The van der Waals surface area contributed by atoms with Crippen molar-refractivity contribution in [3.05, 3.63) is 142 Å². The Balaban J connectivity index is 0.000000222. The third kappa shape index (κ3) is 13.2. The molecular weight excluding hydrogens is 1060 g/mol. The zero-order valence-electron chi connectivity index (χ0n) is 41.0. The van der Waals surface area contributed by atoms with E-state index in [9.17, 15) is 75.8 Å². The molecule has 4 aromatic carbocycles. The Hall–Kier alpha value is -5.31. The van der Waals surface area contributed by atoms with E-state index in [1.54, 1.807) is 47.4 Å². The second-order valence-electron chi connectivity index (χ2n) is 19.9. The molecule has 3 N–H and O–H groups in total. The molecule has 25 heteroatoms. The largest absolute Gasteiger partial charge is 0.416 e. The molecule has 76 heavy (non-hydrogen) atoms. The molecule has 4 saturated heterocycles. The molecule has 0 spiro atoms. The number of alkyl halides is 12. The topological polar surface area (TPSA) is 147 Å². The summed E-state index contributed by atoms with van der Waals surface area (Å²) in [4.78, 5) is 28.9. The van der Waals surface area contributed by atoms with Crippen LogP contribution >= 0.6 is 0 Å². The maximum atomic E-state index is 13.4. The molecule has 8 atom stereocenters. The lowest BCUT2D eigenvalue weighted by molar-refractivity contribution is -0.147. The van der Waals surface area contributed by atoms with Crippen LogP contribution in [-0.2, 0) is 69.1 Å². The van der Waals surface area contributed by atoms with E-state index < -0.39 is 91.4 Å². The highest BCUT2D eigenvalue weighted by Crippen LogP contribution is 2.47. The van der Waals surface area contributed by atoms with Gasteiger partial charge in [0.2, 0.25) is 11.8 Å². The predicted octanol–water partition coefficient (Wildman–Crippen LogP) is 9.29. The van der Waals surface area contributed by atoms with Gasteiger partial charge in [0.15, 0.2) is 0 Å². The van der Waals surface area contributed by atoms with Gasteiger partial charge in [0.25, 0.3) is 10.1 Å². The van der Waals surface area contributed by atoms with E-state index in [0.29, 0.717) is 50.1 Å². The molecule has 8 rings (SSSR count). The van der Waals surface area contributed by atoms with Crippen molar-refractivity contribution in [1.82, 2.24) is 20.4 Å². The number of amides is 2. The molecule has 4 aliphatic rings. The van der Waals surface area contributed by atoms with Gasteiger partial charge < -0.3 is 25.2 Å². The predicted molar refractivity (Wildman–Crippen MR) is 249 cm³/mol. The van der Waals surface area contributed by atoms with Crippen LogP contribution in [0.5, 0.6) is 0 Å². The van der Waals surface area contributed by atoms with Crippen LogP contribution in [0, 0.1) is 0 Å². The number of hydrogen-bond acceptors (Lipinski definition) is 10. The van der Waals surface area contributed by atoms with Crippen molar-refractivity contribution in [2.45, 2.75) is 98.6 Å². The highest BCUT2D eigenvalue weighted by Gasteiger charge is 2.55. The van der Waals surface area contributed by atoms with Crippen LogP contribution in [0.4, 0.5) is 52.7 Å². The lowest BCUT2D eigenvalue weighted by Gasteiger charge is -2.56. The SMILES string of the molecule is C[C@@H](OC[C@@]1(c2ccccc2)CC[C@]2(CO)CN1CC(=O)N2)c1cc(C(F)(F)F)cc(C(F)(F)F)c1.C[C@@H](OC[C@@]1(c2ccccc2)CC[C@]2(COS(C)(=O)=O)CN1CC(=O)N2)c1cc(C(F)(F)F)cc(C(F)(F)F)c1. The maximum absolute atomic E-state index is 13.4. The number of carbonyl (C=O) groups is 2. The number of piperidine rings is 2. The van der Waals surface area contributed by atoms with Crippen LogP contribution in [-0.4, -0.2) is 105 Å². The number of rotatable bonds is 14. The molecule has 4 bridgehead atoms. The number of carbonyl (C=O) groups excluding carboxylic acids is 2. The third-order valence-electron chi connectivity index (χ3n) is 14.5. The number of piperazine rings is 2. The fourth-order valence-electron chi connectivity index (χ4n) is 10.4. The Morgan fingerprint density at radius 2 is 0.895 bits per heavy atom. The molecule has 4 fully saturated rings. The van der Waals surface area contributed by atoms with Gasteiger partial charge in [-0.15, -0.1) is 0 Å². The van der Waals surface area contributed by atoms with E-state index in [1.165, 1.54) is 13.8 Å². The number of nitrogens with zero attached hydrogens (tertiary/aromatic N) is 2. The van der Waals surface area contributed by atoms with Crippen LogP contribution in [0.1, 0.15) is 96.2 Å². The van der Waals surface area contributed by atoms with E-state index in [1.807, 2.05) is 23.1 Å². The first-order valence-electron chi connectivity index (χ1n) is 23.7. The summed E-state index contributed by atoms with van der Waals surface area (Å²) in [7, 11) is -3.80. The smallest absolute Gasteiger partial charge is 0.394 e. The summed E-state index contributed by atoms with van der Waals surface area (Å²) in [6.07, 6.45) is -19.8. The van der Waals surface area contributed by atoms with E-state index in [0.717, 1.165) is 17.4 Å². The summed E-state index contributed by atoms with van der Waals surface area (Å²) >= 11 is 0. The Kier molecular flexibility index (Phi) is 16.5. The molecule has 0 saturated carbocycles. The van der Waals surface area contributed by atoms with Gasteiger partial charge in [-0.3, -0.25) is 23.6 Å². The lowest BCUT2D eigenvalue weighted by Crippen LogP contribution is -2.73. The number of hydrogen-bond donors (Lipinski definition) is 3. The summed E-state index contributed by atoms with van der Waals surface area (Å²) in [5, 5.41) is 15.6. The summed E-state index contributed by atoms with van der Waals surface area (Å²) < 4.78 is 201. The lowest BCUT2D eigenvalue weighted by atomic mass is 9.73. The molecule has 12 nitrogen and oxygen atoms in total. The number of nitrogens with one attached hydrogen (secondary N) is 2. The highest BCUT2D eigenvalue weighted by molar-refractivity contribution is 7.86. The van der Waals surface area contributed by atoms with Gasteiger partial charge in [-0.1, -0.05) is 60.7 Å². The molecule has 2 unspecified atom stereocenters. The van der Waals surface area contributed by atoms with Gasteiger partial charge in [0.05, 0.1) is 102 Å². The zero-order chi connectivity index (χ0) is 55.9. The van der Waals surface area contributed by atoms with Gasteiger partial charge in [0, 0.05) is 13.1 Å². The van der Waals surface area contributed by atoms with E-state index in [4.69, 9.17) is 13.7 Å². The van der Waals surface area contributed by atoms with Gasteiger partial charge in [0.1, 0.15) is 0 Å². The normalized spacial score (nSPS) is 26.8.